The Morgan fingerprint density at radius 2 is 2.19 bits per heavy atom. The van der Waals surface area contributed by atoms with Gasteiger partial charge in [0.1, 0.15) is 4.99 Å². The molecule has 1 heterocycles. The first-order chi connectivity index (χ1) is 9.79. The Labute approximate surface area is 129 Å². The van der Waals surface area contributed by atoms with Gasteiger partial charge in [0.2, 0.25) is 10.0 Å². The van der Waals surface area contributed by atoms with Gasteiger partial charge in [0, 0.05) is 30.9 Å². The van der Waals surface area contributed by atoms with Crippen molar-refractivity contribution in [3.63, 3.8) is 0 Å². The molecular formula is C13H16N4O2S2. The van der Waals surface area contributed by atoms with E-state index in [1.807, 2.05) is 0 Å². The number of thiocarbonyl (C=S) groups is 1. The highest BCUT2D eigenvalue weighted by Gasteiger charge is 2.17. The molecule has 0 aliphatic rings. The Hall–Kier alpha value is -1.77. The van der Waals surface area contributed by atoms with E-state index in [-0.39, 0.29) is 16.4 Å². The third-order valence-electron chi connectivity index (χ3n) is 2.97. The van der Waals surface area contributed by atoms with Crippen molar-refractivity contribution in [3.05, 3.63) is 47.3 Å². The van der Waals surface area contributed by atoms with Gasteiger partial charge in [-0.05, 0) is 24.6 Å². The van der Waals surface area contributed by atoms with Gasteiger partial charge in [-0.3, -0.25) is 4.68 Å². The minimum absolute atomic E-state index is 0.187. The van der Waals surface area contributed by atoms with Crippen LogP contribution in [-0.2, 0) is 23.6 Å². The van der Waals surface area contributed by atoms with E-state index in [0.717, 1.165) is 5.56 Å². The Bertz CT molecular complexity index is 781. The topological polar surface area (TPSA) is 90.0 Å². The first kappa shape index (κ1) is 15.6. The molecule has 0 aliphatic heterocycles. The molecule has 0 bridgehead atoms. The number of hydrogen-bond donors (Lipinski definition) is 2. The monoisotopic (exact) mass is 324 g/mol. The number of rotatable bonds is 5. The van der Waals surface area contributed by atoms with Crippen LogP contribution in [0.5, 0.6) is 0 Å². The zero-order valence-corrected chi connectivity index (χ0v) is 13.3. The summed E-state index contributed by atoms with van der Waals surface area (Å²) in [7, 11) is -1.82. The van der Waals surface area contributed by atoms with Crippen molar-refractivity contribution in [1.82, 2.24) is 14.5 Å². The zero-order valence-electron chi connectivity index (χ0n) is 11.7. The molecule has 0 saturated carbocycles. The Morgan fingerprint density at radius 1 is 1.48 bits per heavy atom. The van der Waals surface area contributed by atoms with Gasteiger partial charge in [-0.15, -0.1) is 0 Å². The summed E-state index contributed by atoms with van der Waals surface area (Å²) in [5, 5.41) is 3.99. The van der Waals surface area contributed by atoms with Gasteiger partial charge in [0.05, 0.1) is 11.1 Å². The summed E-state index contributed by atoms with van der Waals surface area (Å²) in [5.41, 5.74) is 7.57. The summed E-state index contributed by atoms with van der Waals surface area (Å²) < 4.78 is 28.8. The van der Waals surface area contributed by atoms with Gasteiger partial charge >= 0.3 is 0 Å². The predicted molar refractivity (Wildman–Crippen MR) is 84.3 cm³/mol. The van der Waals surface area contributed by atoms with Gasteiger partial charge in [-0.2, -0.15) is 5.10 Å². The van der Waals surface area contributed by atoms with Crippen LogP contribution in [0.15, 0.2) is 35.5 Å². The van der Waals surface area contributed by atoms with Gasteiger partial charge in [-0.1, -0.05) is 18.3 Å². The normalized spacial score (nSPS) is 11.5. The van der Waals surface area contributed by atoms with Crippen LogP contribution in [0.1, 0.15) is 16.7 Å². The molecule has 1 aromatic carbocycles. The van der Waals surface area contributed by atoms with Crippen LogP contribution >= 0.6 is 12.2 Å². The second kappa shape index (κ2) is 5.92. The molecule has 0 spiro atoms. The van der Waals surface area contributed by atoms with E-state index in [1.165, 1.54) is 6.07 Å². The fourth-order valence-corrected chi connectivity index (χ4v) is 3.29. The van der Waals surface area contributed by atoms with E-state index < -0.39 is 10.0 Å². The van der Waals surface area contributed by atoms with E-state index in [9.17, 15) is 8.42 Å². The van der Waals surface area contributed by atoms with E-state index in [1.54, 1.807) is 43.2 Å². The van der Waals surface area contributed by atoms with E-state index in [0.29, 0.717) is 11.1 Å². The Kier molecular flexibility index (Phi) is 4.40. The molecule has 3 N–H and O–H groups in total. The Morgan fingerprint density at radius 3 is 2.71 bits per heavy atom. The van der Waals surface area contributed by atoms with Crippen molar-refractivity contribution in [2.24, 2.45) is 12.8 Å². The van der Waals surface area contributed by atoms with E-state index >= 15 is 0 Å². The van der Waals surface area contributed by atoms with Crippen LogP contribution in [0, 0.1) is 6.92 Å². The number of benzene rings is 1. The zero-order chi connectivity index (χ0) is 15.6. The maximum atomic E-state index is 12.3. The summed E-state index contributed by atoms with van der Waals surface area (Å²) in [4.78, 5) is 0.455. The number of hydrogen-bond acceptors (Lipinski definition) is 4. The second-order valence-electron chi connectivity index (χ2n) is 4.69. The fourth-order valence-electron chi connectivity index (χ4n) is 1.92. The molecule has 0 atom stereocenters. The third-order valence-corrected chi connectivity index (χ3v) is 4.77. The molecular weight excluding hydrogens is 308 g/mol. The molecule has 21 heavy (non-hydrogen) atoms. The Balaban J connectivity index is 2.21. The fraction of sp³-hybridized carbons (Fsp3) is 0.231. The minimum atomic E-state index is -3.59. The lowest BCUT2D eigenvalue weighted by atomic mass is 10.1. The van der Waals surface area contributed by atoms with Crippen molar-refractivity contribution in [2.75, 3.05) is 0 Å². The minimum Gasteiger partial charge on any atom is -0.389 e. The second-order valence-corrected chi connectivity index (χ2v) is 6.87. The summed E-state index contributed by atoms with van der Waals surface area (Å²) in [6.07, 6.45) is 3.37. The largest absolute Gasteiger partial charge is 0.389 e. The smallest absolute Gasteiger partial charge is 0.241 e. The first-order valence-electron chi connectivity index (χ1n) is 6.17. The molecule has 0 saturated heterocycles. The van der Waals surface area contributed by atoms with E-state index in [4.69, 9.17) is 18.0 Å². The SMILES string of the molecule is Cc1cc(C(N)=S)ccc1S(=O)(=O)NCc1cnn(C)c1. The summed E-state index contributed by atoms with van der Waals surface area (Å²) in [6.45, 7) is 1.90. The molecule has 6 nitrogen and oxygen atoms in total. The average molecular weight is 324 g/mol. The molecule has 8 heteroatoms. The predicted octanol–water partition coefficient (Wildman–Crippen LogP) is 0.841. The lowest BCUT2D eigenvalue weighted by Gasteiger charge is -2.10. The number of aromatic nitrogens is 2. The first-order valence-corrected chi connectivity index (χ1v) is 8.06. The summed E-state index contributed by atoms with van der Waals surface area (Å²) >= 11 is 4.88. The molecule has 2 aromatic rings. The third kappa shape index (κ3) is 3.66. The van der Waals surface area contributed by atoms with Crippen molar-refractivity contribution in [1.29, 1.82) is 0 Å². The van der Waals surface area contributed by atoms with Crippen LogP contribution in [0.3, 0.4) is 0 Å². The van der Waals surface area contributed by atoms with Crippen LogP contribution in [0.4, 0.5) is 0 Å². The number of sulfonamides is 1. The number of aryl methyl sites for hydroxylation is 2. The lowest BCUT2D eigenvalue weighted by molar-refractivity contribution is 0.580. The van der Waals surface area contributed by atoms with Crippen LogP contribution in [0.25, 0.3) is 0 Å². The highest BCUT2D eigenvalue weighted by molar-refractivity contribution is 7.89. The van der Waals surface area contributed by atoms with Crippen molar-refractivity contribution in [3.8, 4) is 0 Å². The number of nitrogens with one attached hydrogen (secondary N) is 1. The highest BCUT2D eigenvalue weighted by Crippen LogP contribution is 2.17. The van der Waals surface area contributed by atoms with Gasteiger partial charge < -0.3 is 5.73 Å². The van der Waals surface area contributed by atoms with Crippen molar-refractivity contribution < 1.29 is 8.42 Å². The summed E-state index contributed by atoms with van der Waals surface area (Å²) in [5.74, 6) is 0. The van der Waals surface area contributed by atoms with Crippen LogP contribution in [0.2, 0.25) is 0 Å². The molecule has 2 rings (SSSR count). The summed E-state index contributed by atoms with van der Waals surface area (Å²) in [6, 6.07) is 4.78. The average Bonchev–Trinajstić information content (AvgIpc) is 2.82. The highest BCUT2D eigenvalue weighted by atomic mass is 32.2. The number of nitrogens with zero attached hydrogens (tertiary/aromatic N) is 2. The van der Waals surface area contributed by atoms with Crippen molar-refractivity contribution in [2.45, 2.75) is 18.4 Å². The van der Waals surface area contributed by atoms with Gasteiger partial charge in [-0.25, -0.2) is 13.1 Å². The molecule has 0 unspecified atom stereocenters. The van der Waals surface area contributed by atoms with Crippen molar-refractivity contribution >= 4 is 27.2 Å². The molecule has 0 aliphatic carbocycles. The molecule has 0 radical (unpaired) electrons. The molecule has 0 amide bonds. The lowest BCUT2D eigenvalue weighted by Crippen LogP contribution is -2.24. The molecule has 0 fully saturated rings. The van der Waals surface area contributed by atoms with Gasteiger partial charge in [0.15, 0.2) is 0 Å². The molecule has 112 valence electrons. The molecule has 1 aromatic heterocycles. The standard InChI is InChI=1S/C13H16N4O2S2/c1-9-5-11(13(14)20)3-4-12(9)21(18,19)16-7-10-6-15-17(2)8-10/h3-6,8,16H,7H2,1-2H3,(H2,14,20). The van der Waals surface area contributed by atoms with Crippen LogP contribution < -0.4 is 10.5 Å². The van der Waals surface area contributed by atoms with Crippen LogP contribution in [-0.4, -0.2) is 23.2 Å². The van der Waals surface area contributed by atoms with E-state index in [2.05, 4.69) is 9.82 Å². The maximum absolute atomic E-state index is 12.3. The number of nitrogens with two attached hydrogens (primary N) is 1. The van der Waals surface area contributed by atoms with Gasteiger partial charge in [0.25, 0.3) is 0 Å². The maximum Gasteiger partial charge on any atom is 0.241 e. The quantitative estimate of drug-likeness (QED) is 0.796.